The lowest BCUT2D eigenvalue weighted by molar-refractivity contribution is 0.152. The molecule has 0 radical (unpaired) electrons. The lowest BCUT2D eigenvalue weighted by Gasteiger charge is -2.28. The zero-order valence-corrected chi connectivity index (χ0v) is 17.8. The highest BCUT2D eigenvalue weighted by atomic mass is 32.2. The first-order valence-corrected chi connectivity index (χ1v) is 11.6. The van der Waals surface area contributed by atoms with Crippen LogP contribution in [0.4, 0.5) is 5.69 Å². The van der Waals surface area contributed by atoms with Gasteiger partial charge < -0.3 is 15.2 Å². The quantitative estimate of drug-likeness (QED) is 0.582. The van der Waals surface area contributed by atoms with E-state index in [0.29, 0.717) is 23.9 Å². The van der Waals surface area contributed by atoms with Crippen LogP contribution in [0, 0.1) is 5.92 Å². The van der Waals surface area contributed by atoms with Gasteiger partial charge in [-0.25, -0.2) is 8.42 Å². The van der Waals surface area contributed by atoms with Crippen LogP contribution in [0.15, 0.2) is 53.4 Å². The zero-order chi connectivity index (χ0) is 20.9. The molecule has 1 aliphatic heterocycles. The molecule has 6 nitrogen and oxygen atoms in total. The van der Waals surface area contributed by atoms with E-state index in [1.54, 1.807) is 42.5 Å². The van der Waals surface area contributed by atoms with E-state index in [-0.39, 0.29) is 23.6 Å². The Morgan fingerprint density at radius 1 is 1.17 bits per heavy atom. The first-order valence-electron chi connectivity index (χ1n) is 10.1. The van der Waals surface area contributed by atoms with Crippen molar-refractivity contribution in [3.8, 4) is 5.75 Å². The number of benzene rings is 2. The Kier molecular flexibility index (Phi) is 7.16. The zero-order valence-electron chi connectivity index (χ0n) is 17.0. The topological polar surface area (TPSA) is 87.7 Å². The number of aryl methyl sites for hydroxylation is 1. The predicted octanol–water partition coefficient (Wildman–Crippen LogP) is 3.18. The van der Waals surface area contributed by atoms with E-state index in [1.807, 2.05) is 6.07 Å². The van der Waals surface area contributed by atoms with Gasteiger partial charge in [-0.2, -0.15) is 0 Å². The van der Waals surface area contributed by atoms with Crippen molar-refractivity contribution in [3.05, 3.63) is 54.1 Å². The summed E-state index contributed by atoms with van der Waals surface area (Å²) in [5, 5.41) is 12.9. The van der Waals surface area contributed by atoms with Crippen LogP contribution in [0.5, 0.6) is 5.75 Å². The SMILES string of the molecule is CC(C)C[C@H](CO)NCC1CCc2ccc(NS(=O)(=O)c3ccccc3)cc2O1. The van der Waals surface area contributed by atoms with Crippen molar-refractivity contribution in [3.63, 3.8) is 0 Å². The highest BCUT2D eigenvalue weighted by molar-refractivity contribution is 7.92. The van der Waals surface area contributed by atoms with Crippen molar-refractivity contribution in [1.82, 2.24) is 5.32 Å². The predicted molar refractivity (Wildman–Crippen MR) is 115 cm³/mol. The lowest BCUT2D eigenvalue weighted by atomic mass is 10.0. The smallest absolute Gasteiger partial charge is 0.261 e. The molecule has 0 spiro atoms. The van der Waals surface area contributed by atoms with Gasteiger partial charge in [0.1, 0.15) is 11.9 Å². The van der Waals surface area contributed by atoms with Crippen molar-refractivity contribution in [2.45, 2.75) is 50.2 Å². The molecule has 0 aromatic heterocycles. The summed E-state index contributed by atoms with van der Waals surface area (Å²) in [5.41, 5.74) is 1.55. The molecule has 1 aliphatic rings. The molecule has 0 saturated heterocycles. The lowest BCUT2D eigenvalue weighted by Crippen LogP contribution is -2.41. The molecule has 0 bridgehead atoms. The molecule has 0 fully saturated rings. The average molecular weight is 419 g/mol. The Labute approximate surface area is 173 Å². The van der Waals surface area contributed by atoms with Crippen LogP contribution in [0.2, 0.25) is 0 Å². The monoisotopic (exact) mass is 418 g/mol. The maximum atomic E-state index is 12.5. The molecule has 7 heteroatoms. The Morgan fingerprint density at radius 2 is 1.93 bits per heavy atom. The van der Waals surface area contributed by atoms with Gasteiger partial charge in [0.05, 0.1) is 17.2 Å². The van der Waals surface area contributed by atoms with Gasteiger partial charge in [0.2, 0.25) is 0 Å². The minimum absolute atomic E-state index is 0.00954. The molecule has 2 aromatic carbocycles. The van der Waals surface area contributed by atoms with Crippen LogP contribution >= 0.6 is 0 Å². The molecule has 2 aromatic rings. The first-order chi connectivity index (χ1) is 13.9. The maximum absolute atomic E-state index is 12.5. The summed E-state index contributed by atoms with van der Waals surface area (Å²) < 4.78 is 33.8. The van der Waals surface area contributed by atoms with Gasteiger partial charge in [-0.3, -0.25) is 4.72 Å². The number of rotatable bonds is 9. The number of hydrogen-bond acceptors (Lipinski definition) is 5. The third-order valence-corrected chi connectivity index (χ3v) is 6.41. The minimum Gasteiger partial charge on any atom is -0.489 e. The fourth-order valence-electron chi connectivity index (χ4n) is 3.54. The number of hydrogen-bond donors (Lipinski definition) is 3. The molecular formula is C22H30N2O4S. The van der Waals surface area contributed by atoms with E-state index in [0.717, 1.165) is 24.8 Å². The van der Waals surface area contributed by atoms with Gasteiger partial charge in [-0.15, -0.1) is 0 Å². The van der Waals surface area contributed by atoms with Gasteiger partial charge in [0, 0.05) is 18.7 Å². The van der Waals surface area contributed by atoms with Crippen LogP contribution < -0.4 is 14.8 Å². The Hall–Kier alpha value is -2.09. The van der Waals surface area contributed by atoms with Crippen molar-refractivity contribution in [2.75, 3.05) is 17.9 Å². The van der Waals surface area contributed by atoms with E-state index < -0.39 is 10.0 Å². The standard InChI is InChI=1S/C22H30N2O4S/c1-16(2)12-19(15-25)23-14-20-11-9-17-8-10-18(13-22(17)28-20)24-29(26,27)21-6-4-3-5-7-21/h3-8,10,13,16,19-20,23-25H,9,11-12,14-15H2,1-2H3/t19-,20?/m1/s1. The number of fused-ring (bicyclic) bond motifs is 1. The largest absolute Gasteiger partial charge is 0.489 e. The average Bonchev–Trinajstić information content (AvgIpc) is 2.71. The van der Waals surface area contributed by atoms with Crippen LogP contribution in [-0.2, 0) is 16.4 Å². The van der Waals surface area contributed by atoms with E-state index >= 15 is 0 Å². The molecule has 2 atom stereocenters. The molecule has 0 aliphatic carbocycles. The summed E-state index contributed by atoms with van der Waals surface area (Å²) in [4.78, 5) is 0.223. The van der Waals surface area contributed by atoms with Crippen molar-refractivity contribution < 1.29 is 18.3 Å². The van der Waals surface area contributed by atoms with Crippen LogP contribution in [0.3, 0.4) is 0 Å². The molecular weight excluding hydrogens is 388 g/mol. The Bertz CT molecular complexity index is 900. The second kappa shape index (κ2) is 9.61. The third-order valence-electron chi connectivity index (χ3n) is 5.01. The summed E-state index contributed by atoms with van der Waals surface area (Å²) in [7, 11) is -3.64. The fourth-order valence-corrected chi connectivity index (χ4v) is 4.61. The summed E-state index contributed by atoms with van der Waals surface area (Å²) >= 11 is 0. The number of aliphatic hydroxyl groups excluding tert-OH is 1. The van der Waals surface area contributed by atoms with E-state index in [1.165, 1.54) is 0 Å². The van der Waals surface area contributed by atoms with E-state index in [4.69, 9.17) is 4.74 Å². The first kappa shape index (κ1) is 21.6. The highest BCUT2D eigenvalue weighted by Crippen LogP contribution is 2.31. The summed E-state index contributed by atoms with van der Waals surface area (Å²) in [6.07, 6.45) is 2.66. The number of sulfonamides is 1. The molecule has 0 amide bonds. The fraction of sp³-hybridized carbons (Fsp3) is 0.455. The number of aliphatic hydroxyl groups is 1. The number of ether oxygens (including phenoxy) is 1. The van der Waals surface area contributed by atoms with Crippen molar-refractivity contribution >= 4 is 15.7 Å². The summed E-state index contributed by atoms with van der Waals surface area (Å²) in [6, 6.07) is 13.8. The normalized spacial score (nSPS) is 17.4. The van der Waals surface area contributed by atoms with E-state index in [9.17, 15) is 13.5 Å². The van der Waals surface area contributed by atoms with E-state index in [2.05, 4.69) is 23.9 Å². The van der Waals surface area contributed by atoms with Gasteiger partial charge in [0.15, 0.2) is 0 Å². The molecule has 29 heavy (non-hydrogen) atoms. The van der Waals surface area contributed by atoms with Gasteiger partial charge in [0.25, 0.3) is 10.0 Å². The Morgan fingerprint density at radius 3 is 2.62 bits per heavy atom. The van der Waals surface area contributed by atoms with Gasteiger partial charge >= 0.3 is 0 Å². The maximum Gasteiger partial charge on any atom is 0.261 e. The van der Waals surface area contributed by atoms with Crippen LogP contribution in [-0.4, -0.2) is 38.8 Å². The minimum atomic E-state index is -3.64. The molecule has 158 valence electrons. The molecule has 3 N–H and O–H groups in total. The molecule has 0 saturated carbocycles. The molecule has 1 unspecified atom stereocenters. The molecule has 3 rings (SSSR count). The van der Waals surface area contributed by atoms with Crippen LogP contribution in [0.25, 0.3) is 0 Å². The number of anilines is 1. The highest BCUT2D eigenvalue weighted by Gasteiger charge is 2.22. The summed E-state index contributed by atoms with van der Waals surface area (Å²) in [5.74, 6) is 1.22. The Balaban J connectivity index is 1.65. The van der Waals surface area contributed by atoms with Gasteiger partial charge in [-0.1, -0.05) is 38.1 Å². The third kappa shape index (κ3) is 5.95. The summed E-state index contributed by atoms with van der Waals surface area (Å²) in [6.45, 7) is 5.02. The van der Waals surface area contributed by atoms with Crippen molar-refractivity contribution in [2.24, 2.45) is 5.92 Å². The van der Waals surface area contributed by atoms with Crippen LogP contribution in [0.1, 0.15) is 32.3 Å². The van der Waals surface area contributed by atoms with Gasteiger partial charge in [-0.05, 0) is 48.9 Å². The van der Waals surface area contributed by atoms with Crippen molar-refractivity contribution in [1.29, 1.82) is 0 Å². The number of nitrogens with one attached hydrogen (secondary N) is 2. The second-order valence-corrected chi connectivity index (χ2v) is 9.62. The second-order valence-electron chi connectivity index (χ2n) is 7.94. The molecule has 1 heterocycles.